The second-order valence-corrected chi connectivity index (χ2v) is 3.98. The molecule has 0 aliphatic rings. The average Bonchev–Trinajstić information content (AvgIpc) is 2.76. The number of hydrogen-bond donors (Lipinski definition) is 0. The number of carbonyl (C=O) groups excluding carboxylic acids is 1. The van der Waals surface area contributed by atoms with Crippen molar-refractivity contribution in [3.8, 4) is 0 Å². The molecule has 1 aromatic carbocycles. The second kappa shape index (κ2) is 4.82. The highest BCUT2D eigenvalue weighted by molar-refractivity contribution is 5.92. The van der Waals surface area contributed by atoms with E-state index in [0.29, 0.717) is 12.3 Å². The predicted molar refractivity (Wildman–Crippen MR) is 63.5 cm³/mol. The topological polar surface area (TPSA) is 46.3 Å². The van der Waals surface area contributed by atoms with Gasteiger partial charge >= 0.3 is 0 Å². The summed E-state index contributed by atoms with van der Waals surface area (Å²) in [7, 11) is 1.75. The Morgan fingerprint density at radius 3 is 2.65 bits per heavy atom. The highest BCUT2D eigenvalue weighted by atomic mass is 16.5. The minimum absolute atomic E-state index is 0.149. The first-order chi connectivity index (χ1) is 8.18. The van der Waals surface area contributed by atoms with Crippen LogP contribution in [0.15, 0.2) is 41.1 Å². The number of aryl methyl sites for hydroxylation is 1. The molecule has 0 N–H and O–H groups in total. The Morgan fingerprint density at radius 2 is 2.06 bits per heavy atom. The van der Waals surface area contributed by atoms with Gasteiger partial charge in [0.25, 0.3) is 5.91 Å². The second-order valence-electron chi connectivity index (χ2n) is 3.98. The first-order valence-corrected chi connectivity index (χ1v) is 5.39. The lowest BCUT2D eigenvalue weighted by Gasteiger charge is -2.15. The number of hydrogen-bond acceptors (Lipinski definition) is 3. The summed E-state index contributed by atoms with van der Waals surface area (Å²) in [5.41, 5.74) is 1.84. The fraction of sp³-hybridized carbons (Fsp3) is 0.231. The van der Waals surface area contributed by atoms with Crippen LogP contribution in [-0.2, 0) is 6.54 Å². The van der Waals surface area contributed by atoms with Gasteiger partial charge in [0.1, 0.15) is 0 Å². The van der Waals surface area contributed by atoms with Crippen LogP contribution in [0.3, 0.4) is 0 Å². The standard InChI is InChI=1S/C13H14N2O2/c1-10-8-14-17-12(10)13(16)15(2)9-11-6-4-3-5-7-11/h3-8H,9H2,1-2H3. The number of rotatable bonds is 3. The Balaban J connectivity index is 2.09. The van der Waals surface area contributed by atoms with Crippen molar-refractivity contribution in [3.05, 3.63) is 53.4 Å². The van der Waals surface area contributed by atoms with Crippen LogP contribution in [0.25, 0.3) is 0 Å². The van der Waals surface area contributed by atoms with Crippen molar-refractivity contribution in [3.63, 3.8) is 0 Å². The highest BCUT2D eigenvalue weighted by Crippen LogP contribution is 2.11. The summed E-state index contributed by atoms with van der Waals surface area (Å²) in [6.45, 7) is 2.36. The van der Waals surface area contributed by atoms with E-state index in [9.17, 15) is 4.79 Å². The van der Waals surface area contributed by atoms with Gasteiger partial charge in [0.15, 0.2) is 0 Å². The first kappa shape index (κ1) is 11.4. The molecule has 0 radical (unpaired) electrons. The quantitative estimate of drug-likeness (QED) is 0.812. The molecule has 2 aromatic rings. The van der Waals surface area contributed by atoms with Crippen molar-refractivity contribution in [1.29, 1.82) is 0 Å². The minimum Gasteiger partial charge on any atom is -0.351 e. The summed E-state index contributed by atoms with van der Waals surface area (Å²) in [4.78, 5) is 13.6. The fourth-order valence-corrected chi connectivity index (χ4v) is 1.60. The van der Waals surface area contributed by atoms with Gasteiger partial charge in [-0.15, -0.1) is 0 Å². The van der Waals surface area contributed by atoms with Crippen LogP contribution < -0.4 is 0 Å². The molecule has 0 bridgehead atoms. The van der Waals surface area contributed by atoms with E-state index in [1.165, 1.54) is 0 Å². The molecule has 2 rings (SSSR count). The van der Waals surface area contributed by atoms with Crippen LogP contribution in [0.4, 0.5) is 0 Å². The van der Waals surface area contributed by atoms with E-state index in [0.717, 1.165) is 11.1 Å². The number of carbonyl (C=O) groups is 1. The van der Waals surface area contributed by atoms with Crippen LogP contribution in [0.2, 0.25) is 0 Å². The van der Waals surface area contributed by atoms with Crippen molar-refractivity contribution >= 4 is 5.91 Å². The lowest BCUT2D eigenvalue weighted by Crippen LogP contribution is -2.26. The van der Waals surface area contributed by atoms with Crippen molar-refractivity contribution < 1.29 is 9.32 Å². The maximum atomic E-state index is 12.0. The van der Waals surface area contributed by atoms with Crippen LogP contribution >= 0.6 is 0 Å². The molecule has 0 unspecified atom stereocenters. The smallest absolute Gasteiger partial charge is 0.292 e. The maximum Gasteiger partial charge on any atom is 0.292 e. The maximum absolute atomic E-state index is 12.0. The summed E-state index contributed by atoms with van der Waals surface area (Å²) >= 11 is 0. The van der Waals surface area contributed by atoms with Gasteiger partial charge in [-0.25, -0.2) is 0 Å². The van der Waals surface area contributed by atoms with E-state index in [4.69, 9.17) is 4.52 Å². The van der Waals surface area contributed by atoms with E-state index >= 15 is 0 Å². The van der Waals surface area contributed by atoms with E-state index < -0.39 is 0 Å². The number of benzene rings is 1. The van der Waals surface area contributed by atoms with Crippen molar-refractivity contribution in [2.75, 3.05) is 7.05 Å². The fourth-order valence-electron chi connectivity index (χ4n) is 1.60. The average molecular weight is 230 g/mol. The monoisotopic (exact) mass is 230 g/mol. The summed E-state index contributed by atoms with van der Waals surface area (Å²) < 4.78 is 4.94. The first-order valence-electron chi connectivity index (χ1n) is 5.39. The molecule has 0 atom stereocenters. The molecule has 0 saturated heterocycles. The molecule has 88 valence electrons. The van der Waals surface area contributed by atoms with Gasteiger partial charge in [-0.1, -0.05) is 35.5 Å². The molecule has 1 aromatic heterocycles. The Kier molecular flexibility index (Phi) is 3.23. The zero-order valence-corrected chi connectivity index (χ0v) is 9.88. The molecule has 1 amide bonds. The Morgan fingerprint density at radius 1 is 1.35 bits per heavy atom. The van der Waals surface area contributed by atoms with E-state index in [1.807, 2.05) is 30.3 Å². The minimum atomic E-state index is -0.149. The van der Waals surface area contributed by atoms with Crippen LogP contribution in [-0.4, -0.2) is 23.0 Å². The number of aromatic nitrogens is 1. The number of nitrogens with zero attached hydrogens (tertiary/aromatic N) is 2. The lowest BCUT2D eigenvalue weighted by atomic mass is 10.2. The van der Waals surface area contributed by atoms with Crippen LogP contribution in [0, 0.1) is 6.92 Å². The van der Waals surface area contributed by atoms with Gasteiger partial charge in [-0.2, -0.15) is 0 Å². The Hall–Kier alpha value is -2.10. The Labute approximate surface area is 99.8 Å². The number of amides is 1. The molecule has 0 fully saturated rings. The lowest BCUT2D eigenvalue weighted by molar-refractivity contribution is 0.0742. The molecular formula is C13H14N2O2. The molecule has 0 aliphatic heterocycles. The van der Waals surface area contributed by atoms with Gasteiger partial charge in [0.05, 0.1) is 6.20 Å². The van der Waals surface area contributed by atoms with Gasteiger partial charge in [-0.05, 0) is 12.5 Å². The molecule has 0 aliphatic carbocycles. The normalized spacial score (nSPS) is 10.2. The van der Waals surface area contributed by atoms with Gasteiger partial charge < -0.3 is 9.42 Å². The van der Waals surface area contributed by atoms with E-state index in [-0.39, 0.29) is 5.91 Å². The van der Waals surface area contributed by atoms with Gasteiger partial charge in [-0.3, -0.25) is 4.79 Å². The third kappa shape index (κ3) is 2.53. The molecule has 17 heavy (non-hydrogen) atoms. The predicted octanol–water partition coefficient (Wildman–Crippen LogP) is 2.26. The molecule has 4 heteroatoms. The molecular weight excluding hydrogens is 216 g/mol. The van der Waals surface area contributed by atoms with Gasteiger partial charge in [0.2, 0.25) is 5.76 Å². The third-order valence-electron chi connectivity index (χ3n) is 2.55. The summed E-state index contributed by atoms with van der Waals surface area (Å²) in [5, 5.41) is 3.61. The third-order valence-corrected chi connectivity index (χ3v) is 2.55. The van der Waals surface area contributed by atoms with Crippen LogP contribution in [0.5, 0.6) is 0 Å². The Bertz CT molecular complexity index is 505. The van der Waals surface area contributed by atoms with Crippen LogP contribution in [0.1, 0.15) is 21.7 Å². The largest absolute Gasteiger partial charge is 0.351 e. The highest BCUT2D eigenvalue weighted by Gasteiger charge is 2.18. The zero-order chi connectivity index (χ0) is 12.3. The van der Waals surface area contributed by atoms with Crippen molar-refractivity contribution in [1.82, 2.24) is 10.1 Å². The summed E-state index contributed by atoms with van der Waals surface area (Å²) in [6.07, 6.45) is 1.55. The van der Waals surface area contributed by atoms with E-state index in [2.05, 4.69) is 5.16 Å². The molecule has 4 nitrogen and oxygen atoms in total. The van der Waals surface area contributed by atoms with Gasteiger partial charge in [0, 0.05) is 19.2 Å². The summed E-state index contributed by atoms with van der Waals surface area (Å²) in [5.74, 6) is 0.160. The molecule has 1 heterocycles. The SMILES string of the molecule is Cc1cnoc1C(=O)N(C)Cc1ccccc1. The van der Waals surface area contributed by atoms with E-state index in [1.54, 1.807) is 25.1 Å². The zero-order valence-electron chi connectivity index (χ0n) is 9.88. The molecule has 0 spiro atoms. The van der Waals surface area contributed by atoms with Crippen molar-refractivity contribution in [2.45, 2.75) is 13.5 Å². The molecule has 0 saturated carbocycles. The van der Waals surface area contributed by atoms with Crippen molar-refractivity contribution in [2.24, 2.45) is 0 Å². The summed E-state index contributed by atoms with van der Waals surface area (Å²) in [6, 6.07) is 9.82.